The zero-order valence-corrected chi connectivity index (χ0v) is 5.66. The van der Waals surface area contributed by atoms with Gasteiger partial charge in [0.15, 0.2) is 0 Å². The molecule has 0 radical (unpaired) electrons. The Morgan fingerprint density at radius 1 is 1.80 bits per heavy atom. The van der Waals surface area contributed by atoms with Crippen LogP contribution in [0.3, 0.4) is 0 Å². The fraction of sp³-hybridized carbons (Fsp3) is 0. The molecular weight excluding hydrogens is 99.1 g/mol. The molecule has 0 spiro atoms. The first-order valence-corrected chi connectivity index (χ1v) is 1.08. The van der Waals surface area contributed by atoms with Crippen LogP contribution in [0.15, 0.2) is 0 Å². The molecule has 0 N–H and O–H groups in total. The zero-order chi connectivity index (χ0) is 3.58. The van der Waals surface area contributed by atoms with Crippen molar-refractivity contribution in [3.05, 3.63) is 0 Å². The van der Waals surface area contributed by atoms with E-state index in [1.807, 2.05) is 0 Å². The van der Waals surface area contributed by atoms with E-state index in [1.54, 1.807) is 0 Å². The second-order valence-electron chi connectivity index (χ2n) is 0.266. The van der Waals surface area contributed by atoms with Crippen molar-refractivity contribution in [3.63, 3.8) is 0 Å². The Labute approximate surface area is 57.3 Å². The quantitative estimate of drug-likeness (QED) is 0.251. The van der Waals surface area contributed by atoms with E-state index in [1.165, 1.54) is 0 Å². The third-order valence-corrected chi connectivity index (χ3v) is 0. The fourth-order valence-corrected chi connectivity index (χ4v) is 0. The van der Waals surface area contributed by atoms with Crippen LogP contribution < -0.4 is 34.7 Å². The van der Waals surface area contributed by atoms with Gasteiger partial charge >= 0.3 is 29.6 Å². The third-order valence-electron chi connectivity index (χ3n) is 0. The van der Waals surface area contributed by atoms with E-state index in [9.17, 15) is 0 Å². The maximum Gasteiger partial charge on any atom is 1.00 e. The number of hydrogen-bond donors (Lipinski definition) is 1. The molecule has 24 valence electrons. The van der Waals surface area contributed by atoms with E-state index >= 15 is 0 Å². The van der Waals surface area contributed by atoms with Gasteiger partial charge in [0.05, 0.1) is 5.30 Å². The second kappa shape index (κ2) is 4.82. The van der Waals surface area contributed by atoms with Crippen molar-refractivity contribution >= 4 is 17.9 Å². The molecule has 0 aliphatic rings. The molecule has 0 unspecified atom stereocenters. The number of thiol groups is 1. The molecule has 0 aliphatic heterocycles. The smallest absolute Gasteiger partial charge is 0.539 e. The first kappa shape index (κ1) is 9.27. The van der Waals surface area contributed by atoms with Crippen molar-refractivity contribution in [1.82, 2.24) is 0 Å². The Hall–Kier alpha value is 0.820. The molecule has 0 amide bonds. The average Bonchev–Trinajstić information content (AvgIpc) is 0.811. The predicted octanol–water partition coefficient (Wildman–Crippen LogP) is -3.74. The van der Waals surface area contributed by atoms with Gasteiger partial charge in [0.1, 0.15) is 0 Å². The van der Waals surface area contributed by atoms with E-state index in [-0.39, 0.29) is 29.6 Å². The van der Waals surface area contributed by atoms with Gasteiger partial charge in [0.2, 0.25) is 0 Å². The topological polar surface area (TPSA) is 40.1 Å². The minimum absolute atomic E-state index is 0. The van der Waals surface area contributed by atoms with Crippen LogP contribution in [0, 0.1) is 0 Å². The summed E-state index contributed by atoms with van der Waals surface area (Å²) >= 11 is 2.77. The van der Waals surface area contributed by atoms with Gasteiger partial charge in [-0.1, -0.05) is 0 Å². The molecule has 0 aromatic heterocycles. The molecule has 0 bridgehead atoms. The van der Waals surface area contributed by atoms with Gasteiger partial charge in [-0.15, -0.1) is 12.6 Å². The van der Waals surface area contributed by atoms with Crippen molar-refractivity contribution in [2.24, 2.45) is 0 Å². The van der Waals surface area contributed by atoms with Crippen LogP contribution in [0.25, 0.3) is 0 Å². The number of carboxylic acid groups (broad SMARTS) is 1. The molecule has 0 atom stereocenters. The van der Waals surface area contributed by atoms with Gasteiger partial charge in [-0.05, 0) is 0 Å². The summed E-state index contributed by atoms with van der Waals surface area (Å²) in [5, 5.41) is 7.36. The number of carbonyl (C=O) groups is 1. The Morgan fingerprint density at radius 3 is 1.80 bits per heavy atom. The molecule has 0 rings (SSSR count). The van der Waals surface area contributed by atoms with Gasteiger partial charge < -0.3 is 9.90 Å². The van der Waals surface area contributed by atoms with E-state index in [4.69, 9.17) is 9.90 Å². The Balaban J connectivity index is 0. The van der Waals surface area contributed by atoms with Crippen LogP contribution >= 0.6 is 12.6 Å². The van der Waals surface area contributed by atoms with Gasteiger partial charge in [-0.2, -0.15) is 0 Å². The van der Waals surface area contributed by atoms with Gasteiger partial charge in [0, 0.05) is 0 Å². The summed E-state index contributed by atoms with van der Waals surface area (Å²) in [7, 11) is 0. The molecular formula is CHNaO2S. The Kier molecular flexibility index (Phi) is 8.93. The normalized spacial score (nSPS) is 5.00. The van der Waals surface area contributed by atoms with E-state index < -0.39 is 5.30 Å². The molecule has 0 heterocycles. The van der Waals surface area contributed by atoms with Crippen LogP contribution in [0.1, 0.15) is 0 Å². The van der Waals surface area contributed by atoms with Gasteiger partial charge in [-0.25, -0.2) is 0 Å². The van der Waals surface area contributed by atoms with Crippen LogP contribution in [-0.2, 0) is 0 Å². The largest absolute Gasteiger partial charge is 1.00 e. The number of hydrogen-bond acceptors (Lipinski definition) is 2. The van der Waals surface area contributed by atoms with E-state index in [0.29, 0.717) is 0 Å². The summed E-state index contributed by atoms with van der Waals surface area (Å²) in [4.78, 5) is 8.75. The SMILES string of the molecule is O=C([O-])S.[Na+]. The molecule has 0 fully saturated rings. The first-order valence-electron chi connectivity index (χ1n) is 0.632. The minimum atomic E-state index is -1.39. The Bertz CT molecular complexity index is 32.6. The molecule has 0 aromatic carbocycles. The van der Waals surface area contributed by atoms with Gasteiger partial charge in [0.25, 0.3) is 0 Å². The maximum atomic E-state index is 8.75. The van der Waals surface area contributed by atoms with Crippen LogP contribution in [0.2, 0.25) is 0 Å². The second-order valence-corrected chi connectivity index (χ2v) is 0.631. The average molecular weight is 100 g/mol. The molecule has 0 saturated heterocycles. The fourth-order valence-electron chi connectivity index (χ4n) is 0. The Morgan fingerprint density at radius 2 is 1.80 bits per heavy atom. The summed E-state index contributed by atoms with van der Waals surface area (Å²) in [5.41, 5.74) is 0. The summed E-state index contributed by atoms with van der Waals surface area (Å²) in [5.74, 6) is 0. The van der Waals surface area contributed by atoms with E-state index in [0.717, 1.165) is 0 Å². The van der Waals surface area contributed by atoms with Crippen molar-refractivity contribution < 1.29 is 39.5 Å². The maximum absolute atomic E-state index is 8.75. The van der Waals surface area contributed by atoms with Crippen LogP contribution in [0.4, 0.5) is 4.79 Å². The minimum Gasteiger partial charge on any atom is -0.539 e. The van der Waals surface area contributed by atoms with Crippen molar-refractivity contribution in [1.29, 1.82) is 0 Å². The monoisotopic (exact) mass is 100.0 g/mol. The number of carbonyl (C=O) groups excluding carboxylic acids is 1. The van der Waals surface area contributed by atoms with Gasteiger partial charge in [-0.3, -0.25) is 0 Å². The van der Waals surface area contributed by atoms with Crippen LogP contribution in [0.5, 0.6) is 0 Å². The molecule has 4 heteroatoms. The molecule has 0 aliphatic carbocycles. The predicted molar refractivity (Wildman–Crippen MR) is 14.4 cm³/mol. The third kappa shape index (κ3) is 57.0. The molecule has 5 heavy (non-hydrogen) atoms. The van der Waals surface area contributed by atoms with Crippen molar-refractivity contribution in [2.45, 2.75) is 0 Å². The summed E-state index contributed by atoms with van der Waals surface area (Å²) in [6.07, 6.45) is 0. The molecule has 0 aromatic rings. The summed E-state index contributed by atoms with van der Waals surface area (Å²) in [6.45, 7) is 0. The summed E-state index contributed by atoms with van der Waals surface area (Å²) < 4.78 is 0. The van der Waals surface area contributed by atoms with Crippen LogP contribution in [-0.4, -0.2) is 5.30 Å². The standard InChI is InChI=1S/CH2O2S.Na/c2-1(3)4;/h4H,(H,2,3);/q;+1/p-1. The number of rotatable bonds is 0. The van der Waals surface area contributed by atoms with Crippen molar-refractivity contribution in [2.75, 3.05) is 0 Å². The zero-order valence-electron chi connectivity index (χ0n) is 2.76. The first-order chi connectivity index (χ1) is 1.73. The summed E-state index contributed by atoms with van der Waals surface area (Å²) in [6, 6.07) is 0. The molecule has 0 saturated carbocycles. The van der Waals surface area contributed by atoms with Crippen molar-refractivity contribution in [3.8, 4) is 0 Å². The van der Waals surface area contributed by atoms with E-state index in [2.05, 4.69) is 12.6 Å². The molecule has 2 nitrogen and oxygen atoms in total.